The molecule has 8 heteroatoms. The molecule has 37 heavy (non-hydrogen) atoms. The molecule has 3 aliphatic rings. The number of aromatic nitrogens is 2. The number of phenolic OH excluding ortho intramolecular Hbond substituents is 1. The van der Waals surface area contributed by atoms with Crippen LogP contribution in [0.25, 0.3) is 32.8 Å². The SMILES string of the molecule is CNCC1CN(c2nc(N3C[C@H]4CC[C@@H](C3)N4)c3ccc(-c4cc(O)cc5ccccc45)c(F)c3n2)C1. The third kappa shape index (κ3) is 3.86. The van der Waals surface area contributed by atoms with Gasteiger partial charge in [0.05, 0.1) is 0 Å². The molecular formula is C29H31FN6O. The van der Waals surface area contributed by atoms with Crippen LogP contribution in [0.1, 0.15) is 12.8 Å². The molecule has 0 saturated carbocycles. The van der Waals surface area contributed by atoms with Crippen LogP contribution in [0.5, 0.6) is 5.75 Å². The van der Waals surface area contributed by atoms with E-state index in [4.69, 9.17) is 9.97 Å². The number of piperazine rings is 1. The summed E-state index contributed by atoms with van der Waals surface area (Å²) in [5, 5.41) is 19.8. The van der Waals surface area contributed by atoms with Crippen LogP contribution in [0.2, 0.25) is 0 Å². The van der Waals surface area contributed by atoms with Gasteiger partial charge in [0.15, 0.2) is 5.82 Å². The molecule has 0 amide bonds. The predicted octanol–water partition coefficient (Wildman–Crippen LogP) is 3.89. The second kappa shape index (κ2) is 8.82. The number of rotatable bonds is 5. The first-order valence-corrected chi connectivity index (χ1v) is 13.2. The average Bonchev–Trinajstić information content (AvgIpc) is 3.22. The van der Waals surface area contributed by atoms with E-state index in [-0.39, 0.29) is 11.6 Å². The molecule has 3 aromatic carbocycles. The Hall–Kier alpha value is -3.49. The molecule has 0 aliphatic carbocycles. The van der Waals surface area contributed by atoms with Crippen molar-refractivity contribution in [2.75, 3.05) is 49.6 Å². The Bertz CT molecular complexity index is 1490. The molecule has 7 nitrogen and oxygen atoms in total. The molecule has 7 rings (SSSR count). The van der Waals surface area contributed by atoms with Crippen molar-refractivity contribution in [2.45, 2.75) is 24.9 Å². The number of aromatic hydroxyl groups is 1. The second-order valence-electron chi connectivity index (χ2n) is 10.8. The first-order chi connectivity index (χ1) is 18.1. The topological polar surface area (TPSA) is 76.5 Å². The third-order valence-corrected chi connectivity index (χ3v) is 8.16. The lowest BCUT2D eigenvalue weighted by molar-refractivity contribution is 0.391. The summed E-state index contributed by atoms with van der Waals surface area (Å²) in [6.07, 6.45) is 2.33. The number of anilines is 2. The first kappa shape index (κ1) is 22.7. The van der Waals surface area contributed by atoms with Crippen molar-refractivity contribution in [1.29, 1.82) is 0 Å². The van der Waals surface area contributed by atoms with Gasteiger partial charge in [-0.1, -0.05) is 30.3 Å². The van der Waals surface area contributed by atoms with Gasteiger partial charge in [-0.05, 0) is 54.4 Å². The van der Waals surface area contributed by atoms with Crippen LogP contribution in [0.15, 0.2) is 48.5 Å². The fourth-order valence-corrected chi connectivity index (χ4v) is 6.36. The number of halogens is 1. The van der Waals surface area contributed by atoms with Crippen molar-refractivity contribution in [3.05, 3.63) is 54.3 Å². The number of hydrogen-bond acceptors (Lipinski definition) is 7. The number of fused-ring (bicyclic) bond motifs is 4. The summed E-state index contributed by atoms with van der Waals surface area (Å²) < 4.78 is 16.5. The number of nitrogens with zero attached hydrogens (tertiary/aromatic N) is 4. The fraction of sp³-hybridized carbons (Fsp3) is 0.379. The van der Waals surface area contributed by atoms with E-state index >= 15 is 4.39 Å². The zero-order valence-corrected chi connectivity index (χ0v) is 20.9. The molecule has 2 bridgehead atoms. The number of hydrogen-bond donors (Lipinski definition) is 3. The maximum absolute atomic E-state index is 16.5. The normalized spacial score (nSPS) is 21.7. The van der Waals surface area contributed by atoms with Gasteiger partial charge in [-0.3, -0.25) is 0 Å². The van der Waals surface area contributed by atoms with Gasteiger partial charge >= 0.3 is 0 Å². The molecule has 3 saturated heterocycles. The van der Waals surface area contributed by atoms with E-state index in [1.54, 1.807) is 12.1 Å². The number of phenols is 1. The van der Waals surface area contributed by atoms with Crippen LogP contribution in [0.4, 0.5) is 16.2 Å². The maximum atomic E-state index is 16.5. The van der Waals surface area contributed by atoms with Gasteiger partial charge in [0, 0.05) is 61.7 Å². The van der Waals surface area contributed by atoms with Crippen molar-refractivity contribution in [1.82, 2.24) is 20.6 Å². The smallest absolute Gasteiger partial charge is 0.228 e. The Morgan fingerprint density at radius 3 is 2.51 bits per heavy atom. The Kier molecular flexibility index (Phi) is 5.41. The van der Waals surface area contributed by atoms with E-state index in [0.29, 0.717) is 40.6 Å². The molecule has 3 N–H and O–H groups in total. The van der Waals surface area contributed by atoms with Crippen LogP contribution in [-0.2, 0) is 0 Å². The molecule has 1 aromatic heterocycles. The van der Waals surface area contributed by atoms with Gasteiger partial charge in [0.2, 0.25) is 5.95 Å². The largest absolute Gasteiger partial charge is 0.508 e. The van der Waals surface area contributed by atoms with Crippen LogP contribution >= 0.6 is 0 Å². The maximum Gasteiger partial charge on any atom is 0.228 e. The molecule has 0 unspecified atom stereocenters. The Labute approximate surface area is 215 Å². The number of nitrogens with one attached hydrogen (secondary N) is 2. The van der Waals surface area contributed by atoms with E-state index < -0.39 is 0 Å². The summed E-state index contributed by atoms with van der Waals surface area (Å²) in [6.45, 7) is 4.39. The average molecular weight is 499 g/mol. The molecule has 2 atom stereocenters. The van der Waals surface area contributed by atoms with Crippen LogP contribution in [-0.4, -0.2) is 66.9 Å². The molecule has 0 spiro atoms. The second-order valence-corrected chi connectivity index (χ2v) is 10.8. The Morgan fingerprint density at radius 1 is 0.946 bits per heavy atom. The third-order valence-electron chi connectivity index (χ3n) is 8.16. The van der Waals surface area contributed by atoms with Crippen LogP contribution in [0.3, 0.4) is 0 Å². The van der Waals surface area contributed by atoms with E-state index in [1.165, 1.54) is 0 Å². The molecule has 3 fully saturated rings. The Morgan fingerprint density at radius 2 is 1.73 bits per heavy atom. The van der Waals surface area contributed by atoms with Crippen LogP contribution < -0.4 is 20.4 Å². The molecule has 3 aliphatic heterocycles. The standard InChI is InChI=1S/C29H31FN6O/c1-31-12-17-13-36(14-17)29-33-27-24(28(34-29)35-15-19-6-7-20(16-35)32-19)9-8-23(26(27)30)25-11-21(37)10-18-4-2-3-5-22(18)25/h2-5,8-11,17,19-20,31-32,37H,6-7,12-16H2,1H3/t19-,20+. The van der Waals surface area contributed by atoms with Gasteiger partial charge in [0.25, 0.3) is 0 Å². The monoisotopic (exact) mass is 498 g/mol. The predicted molar refractivity (Wildman–Crippen MR) is 146 cm³/mol. The van der Waals surface area contributed by atoms with Gasteiger partial charge in [-0.25, -0.2) is 9.37 Å². The molecule has 4 aromatic rings. The molecule has 190 valence electrons. The molecule has 4 heterocycles. The van der Waals surface area contributed by atoms with Crippen molar-refractivity contribution in [3.63, 3.8) is 0 Å². The van der Waals surface area contributed by atoms with Crippen molar-refractivity contribution < 1.29 is 9.50 Å². The zero-order chi connectivity index (χ0) is 25.1. The minimum atomic E-state index is -0.372. The van der Waals surface area contributed by atoms with E-state index in [1.807, 2.05) is 43.4 Å². The van der Waals surface area contributed by atoms with Crippen LogP contribution in [0, 0.1) is 11.7 Å². The highest BCUT2D eigenvalue weighted by atomic mass is 19.1. The molecule has 0 radical (unpaired) electrons. The zero-order valence-electron chi connectivity index (χ0n) is 20.9. The quantitative estimate of drug-likeness (QED) is 0.385. The minimum absolute atomic E-state index is 0.115. The lowest BCUT2D eigenvalue weighted by Crippen LogP contribution is -2.52. The van der Waals surface area contributed by atoms with Gasteiger partial charge in [-0.15, -0.1) is 0 Å². The van der Waals surface area contributed by atoms with Crippen molar-refractivity contribution in [2.24, 2.45) is 5.92 Å². The molecular weight excluding hydrogens is 467 g/mol. The summed E-state index contributed by atoms with van der Waals surface area (Å²) in [4.78, 5) is 14.3. The summed E-state index contributed by atoms with van der Waals surface area (Å²) in [5.41, 5.74) is 1.44. The lowest BCUT2D eigenvalue weighted by Gasteiger charge is -2.40. The van der Waals surface area contributed by atoms with E-state index in [9.17, 15) is 5.11 Å². The first-order valence-electron chi connectivity index (χ1n) is 13.2. The van der Waals surface area contributed by atoms with Crippen molar-refractivity contribution in [3.8, 4) is 16.9 Å². The Balaban J connectivity index is 1.38. The fourth-order valence-electron chi connectivity index (χ4n) is 6.36. The lowest BCUT2D eigenvalue weighted by atomic mass is 9.96. The summed E-state index contributed by atoms with van der Waals surface area (Å²) >= 11 is 0. The van der Waals surface area contributed by atoms with Gasteiger partial charge in [0.1, 0.15) is 17.1 Å². The minimum Gasteiger partial charge on any atom is -0.508 e. The summed E-state index contributed by atoms with van der Waals surface area (Å²) in [5.74, 6) is 1.70. The highest BCUT2D eigenvalue weighted by molar-refractivity contribution is 6.01. The van der Waals surface area contributed by atoms with Gasteiger partial charge < -0.3 is 25.5 Å². The van der Waals surface area contributed by atoms with E-state index in [0.717, 1.165) is 67.5 Å². The highest BCUT2D eigenvalue weighted by Crippen LogP contribution is 2.39. The van der Waals surface area contributed by atoms with Crippen molar-refractivity contribution >= 4 is 33.4 Å². The summed E-state index contributed by atoms with van der Waals surface area (Å²) in [6, 6.07) is 15.8. The summed E-state index contributed by atoms with van der Waals surface area (Å²) in [7, 11) is 1.97. The number of benzene rings is 3. The highest BCUT2D eigenvalue weighted by Gasteiger charge is 2.35. The van der Waals surface area contributed by atoms with Gasteiger partial charge in [-0.2, -0.15) is 4.98 Å². The van der Waals surface area contributed by atoms with E-state index in [2.05, 4.69) is 20.4 Å².